The molecule has 1 unspecified atom stereocenters. The Balaban J connectivity index is 1.65. The first-order chi connectivity index (χ1) is 12.2. The number of fused-ring (bicyclic) bond motifs is 1. The average Bonchev–Trinajstić information content (AvgIpc) is 3.26. The van der Waals surface area contributed by atoms with Crippen molar-refractivity contribution in [2.75, 3.05) is 15.5 Å². The molecule has 2 aromatic heterocycles. The van der Waals surface area contributed by atoms with E-state index < -0.39 is 6.17 Å². The van der Waals surface area contributed by atoms with Gasteiger partial charge in [-0.3, -0.25) is 4.79 Å². The van der Waals surface area contributed by atoms with E-state index in [4.69, 9.17) is 4.42 Å². The minimum Gasteiger partial charge on any atom is -0.467 e. The lowest BCUT2D eigenvalue weighted by Crippen LogP contribution is -2.36. The van der Waals surface area contributed by atoms with Gasteiger partial charge in [-0.15, -0.1) is 0 Å². The maximum Gasteiger partial charge on any atom is 0.162 e. The Bertz CT molecular complexity index is 883. The first-order valence-corrected chi connectivity index (χ1v) is 7.63. The minimum atomic E-state index is -0.578. The van der Waals surface area contributed by atoms with Gasteiger partial charge in [0, 0.05) is 5.69 Å². The largest absolute Gasteiger partial charge is 0.467 e. The lowest BCUT2D eigenvalue weighted by Gasteiger charge is -2.20. The molecule has 1 atom stereocenters. The lowest BCUT2D eigenvalue weighted by molar-refractivity contribution is -0.108. The van der Waals surface area contributed by atoms with E-state index in [1.54, 1.807) is 29.4 Å². The van der Waals surface area contributed by atoms with Gasteiger partial charge in [-0.2, -0.15) is 0 Å². The molecule has 0 spiro atoms. The molecule has 0 fully saturated rings. The summed E-state index contributed by atoms with van der Waals surface area (Å²) in [6.07, 6.45) is 3.21. The van der Waals surface area contributed by atoms with Crippen LogP contribution in [0.5, 0.6) is 0 Å². The van der Waals surface area contributed by atoms with Crippen molar-refractivity contribution < 1.29 is 13.6 Å². The third kappa shape index (κ3) is 2.89. The average molecular weight is 339 g/mol. The van der Waals surface area contributed by atoms with Gasteiger partial charge in [-0.25, -0.2) is 14.4 Å². The third-order valence-corrected chi connectivity index (χ3v) is 3.87. The Kier molecular flexibility index (Phi) is 3.77. The first-order valence-electron chi connectivity index (χ1n) is 7.63. The molecule has 8 heteroatoms. The van der Waals surface area contributed by atoms with Crippen LogP contribution in [0.3, 0.4) is 0 Å². The number of rotatable bonds is 5. The molecule has 1 aliphatic rings. The van der Waals surface area contributed by atoms with Crippen LogP contribution < -0.4 is 15.5 Å². The SMILES string of the molecule is O=CC1Nc2c(Nc3ccc(F)cc3)ncnc2N1Cc1ccco1. The number of carbonyl (C=O) groups excluding carboxylic acids is 1. The van der Waals surface area contributed by atoms with E-state index in [9.17, 15) is 9.18 Å². The Hall–Kier alpha value is -3.42. The van der Waals surface area contributed by atoms with Crippen LogP contribution >= 0.6 is 0 Å². The molecule has 0 saturated carbocycles. The number of anilines is 4. The number of hydrogen-bond acceptors (Lipinski definition) is 7. The standard InChI is InChI=1S/C17H14FN5O2/c18-11-3-5-12(6-4-11)21-16-15-17(20-10-19-16)23(14(9-24)22-15)8-13-2-1-7-25-13/h1-7,9-10,14,22H,8H2,(H,19,20,21). The van der Waals surface area contributed by atoms with Crippen LogP contribution in [0.4, 0.5) is 27.4 Å². The number of aldehydes is 1. The summed E-state index contributed by atoms with van der Waals surface area (Å²) in [5.41, 5.74) is 1.28. The molecule has 0 amide bonds. The highest BCUT2D eigenvalue weighted by atomic mass is 19.1. The van der Waals surface area contributed by atoms with Crippen LogP contribution in [0.1, 0.15) is 5.76 Å². The summed E-state index contributed by atoms with van der Waals surface area (Å²) < 4.78 is 18.4. The highest BCUT2D eigenvalue weighted by molar-refractivity contribution is 5.89. The van der Waals surface area contributed by atoms with Gasteiger partial charge in [0.25, 0.3) is 0 Å². The maximum atomic E-state index is 13.1. The van der Waals surface area contributed by atoms with Gasteiger partial charge >= 0.3 is 0 Å². The lowest BCUT2D eigenvalue weighted by atomic mass is 10.3. The van der Waals surface area contributed by atoms with Crippen LogP contribution in [0.2, 0.25) is 0 Å². The summed E-state index contributed by atoms with van der Waals surface area (Å²) >= 11 is 0. The van der Waals surface area contributed by atoms with Gasteiger partial charge < -0.3 is 20.0 Å². The number of furan rings is 1. The van der Waals surface area contributed by atoms with Gasteiger partial charge in [0.2, 0.25) is 0 Å². The zero-order valence-electron chi connectivity index (χ0n) is 13.0. The van der Waals surface area contributed by atoms with E-state index in [-0.39, 0.29) is 5.82 Å². The molecule has 0 radical (unpaired) electrons. The second-order valence-corrected chi connectivity index (χ2v) is 5.49. The molecule has 0 bridgehead atoms. The number of carbonyl (C=O) groups is 1. The summed E-state index contributed by atoms with van der Waals surface area (Å²) in [7, 11) is 0. The Labute approximate surface area is 142 Å². The van der Waals surface area contributed by atoms with Crippen LogP contribution in [0.15, 0.2) is 53.4 Å². The molecule has 1 aliphatic heterocycles. The van der Waals surface area contributed by atoms with Gasteiger partial charge in [-0.1, -0.05) is 0 Å². The first kappa shape index (κ1) is 15.1. The second kappa shape index (κ2) is 6.23. The minimum absolute atomic E-state index is 0.317. The van der Waals surface area contributed by atoms with E-state index >= 15 is 0 Å². The maximum absolute atomic E-state index is 13.1. The van der Waals surface area contributed by atoms with E-state index in [0.29, 0.717) is 35.3 Å². The highest BCUT2D eigenvalue weighted by Crippen LogP contribution is 2.38. The highest BCUT2D eigenvalue weighted by Gasteiger charge is 2.32. The van der Waals surface area contributed by atoms with Gasteiger partial charge in [-0.05, 0) is 36.4 Å². The summed E-state index contributed by atoms with van der Waals surface area (Å²) in [6, 6.07) is 9.55. The van der Waals surface area contributed by atoms with Crippen molar-refractivity contribution in [3.8, 4) is 0 Å². The van der Waals surface area contributed by atoms with Crippen molar-refractivity contribution in [2.45, 2.75) is 12.7 Å². The van der Waals surface area contributed by atoms with Crippen molar-refractivity contribution >= 4 is 29.3 Å². The van der Waals surface area contributed by atoms with Crippen molar-refractivity contribution in [1.29, 1.82) is 0 Å². The van der Waals surface area contributed by atoms with Crippen molar-refractivity contribution in [1.82, 2.24) is 9.97 Å². The van der Waals surface area contributed by atoms with Gasteiger partial charge in [0.1, 0.15) is 23.6 Å². The number of benzene rings is 1. The second-order valence-electron chi connectivity index (χ2n) is 5.49. The number of nitrogens with zero attached hydrogens (tertiary/aromatic N) is 3. The fourth-order valence-electron chi connectivity index (χ4n) is 2.70. The van der Waals surface area contributed by atoms with Crippen LogP contribution in [0.25, 0.3) is 0 Å². The van der Waals surface area contributed by atoms with Crippen molar-refractivity contribution in [3.05, 3.63) is 60.6 Å². The number of aromatic nitrogens is 2. The molecule has 7 nitrogen and oxygen atoms in total. The molecule has 0 aliphatic carbocycles. The molecule has 3 heterocycles. The van der Waals surface area contributed by atoms with Crippen LogP contribution in [-0.2, 0) is 11.3 Å². The van der Waals surface area contributed by atoms with E-state index in [1.807, 2.05) is 6.07 Å². The summed E-state index contributed by atoms with van der Waals surface area (Å²) in [4.78, 5) is 21.8. The van der Waals surface area contributed by atoms with Gasteiger partial charge in [0.15, 0.2) is 24.1 Å². The topological polar surface area (TPSA) is 83.3 Å². The molecular weight excluding hydrogens is 325 g/mol. The zero-order chi connectivity index (χ0) is 17.2. The number of hydrogen-bond donors (Lipinski definition) is 2. The monoisotopic (exact) mass is 339 g/mol. The third-order valence-electron chi connectivity index (χ3n) is 3.87. The van der Waals surface area contributed by atoms with E-state index in [0.717, 1.165) is 6.29 Å². The van der Waals surface area contributed by atoms with Crippen LogP contribution in [-0.4, -0.2) is 22.4 Å². The van der Waals surface area contributed by atoms with E-state index in [2.05, 4.69) is 20.6 Å². The van der Waals surface area contributed by atoms with Crippen LogP contribution in [0, 0.1) is 5.82 Å². The zero-order valence-corrected chi connectivity index (χ0v) is 13.0. The predicted octanol–water partition coefficient (Wildman–Crippen LogP) is 2.91. The quantitative estimate of drug-likeness (QED) is 0.692. The summed E-state index contributed by atoms with van der Waals surface area (Å²) in [6.45, 7) is 0.392. The smallest absolute Gasteiger partial charge is 0.162 e. The van der Waals surface area contributed by atoms with E-state index in [1.165, 1.54) is 18.5 Å². The van der Waals surface area contributed by atoms with Crippen molar-refractivity contribution in [2.24, 2.45) is 0 Å². The summed E-state index contributed by atoms with van der Waals surface area (Å²) in [5.74, 6) is 1.49. The molecular formula is C17H14FN5O2. The predicted molar refractivity (Wildman–Crippen MR) is 90.1 cm³/mol. The Morgan fingerprint density at radius 3 is 2.84 bits per heavy atom. The molecule has 126 valence electrons. The molecule has 4 rings (SSSR count). The molecule has 0 saturated heterocycles. The van der Waals surface area contributed by atoms with Gasteiger partial charge in [0.05, 0.1) is 12.8 Å². The number of nitrogens with one attached hydrogen (secondary N) is 2. The Morgan fingerprint density at radius 2 is 2.12 bits per heavy atom. The molecule has 3 aromatic rings. The Morgan fingerprint density at radius 1 is 1.28 bits per heavy atom. The number of halogens is 1. The molecule has 25 heavy (non-hydrogen) atoms. The fraction of sp³-hybridized carbons (Fsp3) is 0.118. The van der Waals surface area contributed by atoms with Crippen molar-refractivity contribution in [3.63, 3.8) is 0 Å². The molecule has 2 N–H and O–H groups in total. The summed E-state index contributed by atoms with van der Waals surface area (Å²) in [5, 5.41) is 6.21. The molecule has 1 aromatic carbocycles. The normalized spacial score (nSPS) is 15.6. The fourth-order valence-corrected chi connectivity index (χ4v) is 2.70.